The number of anilines is 3. The molecule has 0 radical (unpaired) electrons. The molecule has 2 aromatic heterocycles. The highest BCUT2D eigenvalue weighted by atomic mass is 16.5. The van der Waals surface area contributed by atoms with Gasteiger partial charge in [0.1, 0.15) is 11.4 Å². The molecule has 1 saturated heterocycles. The van der Waals surface area contributed by atoms with E-state index in [0.29, 0.717) is 11.6 Å². The maximum Gasteiger partial charge on any atom is 0.249 e. The molecule has 3 aromatic rings. The van der Waals surface area contributed by atoms with Crippen LogP contribution in [0.5, 0.6) is 5.75 Å². The SMILES string of the molecule is COc1cc(N2CCN(CCCCCCCCCCCCNC(=O)CC3(C)CC4CC(C)CC(C4)C3)CC2)ccc1Nc1ncc2c(C)cc(=O)[nH]c2n1. The number of unbranched alkanes of at least 4 members (excludes halogenated alkanes) is 9. The highest BCUT2D eigenvalue weighted by molar-refractivity contribution is 5.79. The van der Waals surface area contributed by atoms with Crippen LogP contribution in [0.1, 0.15) is 122 Å². The Balaban J connectivity index is 0.772. The molecule has 54 heavy (non-hydrogen) atoms. The van der Waals surface area contributed by atoms with Crippen LogP contribution in [0.4, 0.5) is 17.3 Å². The number of hydrogen-bond donors (Lipinski definition) is 3. The first kappa shape index (κ1) is 40.0. The Morgan fingerprint density at radius 3 is 2.28 bits per heavy atom. The summed E-state index contributed by atoms with van der Waals surface area (Å²) in [4.78, 5) is 41.4. The van der Waals surface area contributed by atoms with Crippen molar-refractivity contribution in [3.63, 3.8) is 0 Å². The molecule has 1 aliphatic heterocycles. The number of hydrogen-bond acceptors (Lipinski definition) is 8. The molecular formula is C44H67N7O3. The van der Waals surface area contributed by atoms with Gasteiger partial charge in [-0.25, -0.2) is 4.98 Å². The van der Waals surface area contributed by atoms with Crippen LogP contribution >= 0.6 is 0 Å². The second-order valence-electron chi connectivity index (χ2n) is 17.4. The number of benzene rings is 1. The molecule has 3 N–H and O–H groups in total. The maximum atomic E-state index is 12.7. The molecule has 10 nitrogen and oxygen atoms in total. The minimum Gasteiger partial charge on any atom is -0.494 e. The number of ether oxygens (including phenoxy) is 1. The Morgan fingerprint density at radius 2 is 1.59 bits per heavy atom. The third kappa shape index (κ3) is 11.4. The highest BCUT2D eigenvalue weighted by Gasteiger charge is 2.41. The topological polar surface area (TPSA) is 115 Å². The first-order valence-corrected chi connectivity index (χ1v) is 21.2. The van der Waals surface area contributed by atoms with E-state index in [1.165, 1.54) is 96.4 Å². The number of methoxy groups -OCH3 is 1. The molecule has 1 aromatic carbocycles. The summed E-state index contributed by atoms with van der Waals surface area (Å²) in [5, 5.41) is 7.33. The largest absolute Gasteiger partial charge is 0.494 e. The zero-order chi connectivity index (χ0) is 37.9. The van der Waals surface area contributed by atoms with E-state index in [1.54, 1.807) is 19.4 Å². The number of piperazine rings is 1. The number of rotatable bonds is 19. The van der Waals surface area contributed by atoms with Gasteiger partial charge in [-0.05, 0) is 99.3 Å². The fourth-order valence-corrected chi connectivity index (χ4v) is 9.99. The molecular weight excluding hydrogens is 675 g/mol. The van der Waals surface area contributed by atoms with Crippen molar-refractivity contribution >= 4 is 34.3 Å². The van der Waals surface area contributed by atoms with Gasteiger partial charge < -0.3 is 25.3 Å². The fraction of sp³-hybridized carbons (Fsp3) is 0.682. The van der Waals surface area contributed by atoms with Gasteiger partial charge in [0.25, 0.3) is 0 Å². The van der Waals surface area contributed by atoms with Crippen LogP contribution in [0.25, 0.3) is 11.0 Å². The van der Waals surface area contributed by atoms with Crippen molar-refractivity contribution in [3.8, 4) is 5.75 Å². The minimum absolute atomic E-state index is 0.176. The van der Waals surface area contributed by atoms with Crippen LogP contribution in [0.2, 0.25) is 0 Å². The number of amides is 1. The molecule has 2 saturated carbocycles. The van der Waals surface area contributed by atoms with Crippen molar-refractivity contribution in [2.45, 2.75) is 124 Å². The smallest absolute Gasteiger partial charge is 0.249 e. The van der Waals surface area contributed by atoms with Gasteiger partial charge in [0.05, 0.1) is 12.8 Å². The highest BCUT2D eigenvalue weighted by Crippen LogP contribution is 2.51. The number of pyridine rings is 1. The van der Waals surface area contributed by atoms with E-state index in [-0.39, 0.29) is 16.9 Å². The number of fused-ring (bicyclic) bond motifs is 3. The lowest BCUT2D eigenvalue weighted by Crippen LogP contribution is -2.46. The number of nitrogens with zero attached hydrogens (tertiary/aromatic N) is 4. The Kier molecular flexibility index (Phi) is 14.3. The van der Waals surface area contributed by atoms with Crippen LogP contribution in [0.15, 0.2) is 35.3 Å². The minimum atomic E-state index is -0.176. The van der Waals surface area contributed by atoms with Crippen molar-refractivity contribution in [1.82, 2.24) is 25.2 Å². The first-order chi connectivity index (χ1) is 26.2. The Morgan fingerprint density at radius 1 is 0.926 bits per heavy atom. The van der Waals surface area contributed by atoms with Crippen LogP contribution in [-0.2, 0) is 4.79 Å². The average molecular weight is 742 g/mol. The molecule has 2 unspecified atom stereocenters. The monoisotopic (exact) mass is 742 g/mol. The standard InChI is InChI=1S/C44H67N7O3/c1-32-23-34-26-35(24-32)29-44(3,28-34)30-41(53)45-17-13-11-9-7-5-6-8-10-12-14-18-50-19-21-51(22-20-50)36-15-16-38(39(27-36)54-4)47-43-46-31-37-33(2)25-40(52)48-42(37)49-43/h15-16,25,27,31-32,34-35H,5-14,17-24,26,28-30H2,1-4H3,(H,45,53)(H2,46,47,48,49,52). The van der Waals surface area contributed by atoms with Crippen molar-refractivity contribution < 1.29 is 9.53 Å². The molecule has 6 rings (SSSR count). The van der Waals surface area contributed by atoms with E-state index in [4.69, 9.17) is 4.74 Å². The number of carbonyl (C=O) groups is 1. The third-order valence-corrected chi connectivity index (χ3v) is 12.5. The number of aromatic amines is 1. The number of nitrogens with one attached hydrogen (secondary N) is 3. The van der Waals surface area contributed by atoms with Gasteiger partial charge in [0, 0.05) is 68.5 Å². The quantitative estimate of drug-likeness (QED) is 0.105. The second kappa shape index (κ2) is 19.3. The van der Waals surface area contributed by atoms with Gasteiger partial charge in [-0.3, -0.25) is 14.5 Å². The first-order valence-electron chi connectivity index (χ1n) is 21.2. The van der Waals surface area contributed by atoms with Gasteiger partial charge in [-0.2, -0.15) is 4.98 Å². The van der Waals surface area contributed by atoms with Gasteiger partial charge in [0.2, 0.25) is 17.4 Å². The summed E-state index contributed by atoms with van der Waals surface area (Å²) >= 11 is 0. The van der Waals surface area contributed by atoms with Gasteiger partial charge in [-0.1, -0.05) is 65.2 Å². The van der Waals surface area contributed by atoms with E-state index in [1.807, 2.05) is 13.0 Å². The van der Waals surface area contributed by atoms with E-state index in [2.05, 4.69) is 61.4 Å². The van der Waals surface area contributed by atoms with Crippen molar-refractivity contribution in [2.24, 2.45) is 23.2 Å². The Bertz CT molecular complexity index is 1700. The van der Waals surface area contributed by atoms with E-state index in [0.717, 1.165) is 91.4 Å². The Hall–Kier alpha value is -3.66. The number of aryl methyl sites for hydroxylation is 1. The van der Waals surface area contributed by atoms with Crippen LogP contribution in [0.3, 0.4) is 0 Å². The predicted octanol–water partition coefficient (Wildman–Crippen LogP) is 8.76. The molecule has 2 atom stereocenters. The van der Waals surface area contributed by atoms with Crippen LogP contribution in [-0.4, -0.2) is 72.1 Å². The van der Waals surface area contributed by atoms with Gasteiger partial charge >= 0.3 is 0 Å². The number of carbonyl (C=O) groups excluding carboxylic acids is 1. The van der Waals surface area contributed by atoms with E-state index >= 15 is 0 Å². The molecule has 10 heteroatoms. The van der Waals surface area contributed by atoms with Crippen LogP contribution < -0.4 is 25.8 Å². The van der Waals surface area contributed by atoms with Gasteiger partial charge in [0.15, 0.2) is 0 Å². The lowest BCUT2D eigenvalue weighted by Gasteiger charge is -2.47. The van der Waals surface area contributed by atoms with Crippen molar-refractivity contribution in [2.75, 3.05) is 56.6 Å². The second-order valence-corrected chi connectivity index (χ2v) is 17.4. The van der Waals surface area contributed by atoms with E-state index in [9.17, 15) is 9.59 Å². The van der Waals surface area contributed by atoms with Gasteiger partial charge in [-0.15, -0.1) is 0 Å². The van der Waals surface area contributed by atoms with Crippen molar-refractivity contribution in [3.05, 3.63) is 46.4 Å². The fourth-order valence-electron chi connectivity index (χ4n) is 9.99. The lowest BCUT2D eigenvalue weighted by molar-refractivity contribution is -0.124. The lowest BCUT2D eigenvalue weighted by atomic mass is 9.58. The molecule has 2 aliphatic carbocycles. The molecule has 3 fully saturated rings. The molecule has 0 spiro atoms. The zero-order valence-electron chi connectivity index (χ0n) is 33.7. The van der Waals surface area contributed by atoms with Crippen LogP contribution in [0, 0.1) is 30.1 Å². The summed E-state index contributed by atoms with van der Waals surface area (Å²) in [5.74, 6) is 4.01. The van der Waals surface area contributed by atoms with E-state index < -0.39 is 0 Å². The molecule has 1 amide bonds. The summed E-state index contributed by atoms with van der Waals surface area (Å²) in [6, 6.07) is 7.76. The zero-order valence-corrected chi connectivity index (χ0v) is 33.7. The predicted molar refractivity (Wildman–Crippen MR) is 221 cm³/mol. The molecule has 3 heterocycles. The third-order valence-electron chi connectivity index (χ3n) is 12.5. The van der Waals surface area contributed by atoms with Crippen molar-refractivity contribution in [1.29, 1.82) is 0 Å². The normalized spacial score (nSPS) is 23.0. The average Bonchev–Trinajstić information content (AvgIpc) is 3.13. The molecule has 2 bridgehead atoms. The summed E-state index contributed by atoms with van der Waals surface area (Å²) in [6.45, 7) is 12.9. The number of aromatic nitrogens is 3. The summed E-state index contributed by atoms with van der Waals surface area (Å²) < 4.78 is 5.74. The molecule has 296 valence electrons. The number of H-pyrrole nitrogens is 1. The maximum absolute atomic E-state index is 12.7. The Labute approximate surface area is 323 Å². The summed E-state index contributed by atoms with van der Waals surface area (Å²) in [5.41, 5.74) is 3.34. The summed E-state index contributed by atoms with van der Waals surface area (Å²) in [7, 11) is 1.68. The summed E-state index contributed by atoms with van der Waals surface area (Å²) in [6.07, 6.45) is 22.1. The molecule has 3 aliphatic rings.